The van der Waals surface area contributed by atoms with Crippen LogP contribution in [0.1, 0.15) is 70.6 Å². The molecular weight excluding hydrogens is 264 g/mol. The van der Waals surface area contributed by atoms with Crippen LogP contribution in [0.15, 0.2) is 12.3 Å². The van der Waals surface area contributed by atoms with Crippen LogP contribution >= 0.6 is 0 Å². The van der Waals surface area contributed by atoms with Gasteiger partial charge in [0.15, 0.2) is 0 Å². The van der Waals surface area contributed by atoms with Crippen LogP contribution in [0.2, 0.25) is 0 Å². The van der Waals surface area contributed by atoms with Gasteiger partial charge in [-0.3, -0.25) is 4.79 Å². The third-order valence-corrected chi connectivity index (χ3v) is 4.65. The molecule has 2 aliphatic rings. The van der Waals surface area contributed by atoms with Crippen molar-refractivity contribution < 1.29 is 9.90 Å². The van der Waals surface area contributed by atoms with Gasteiger partial charge in [-0.15, -0.1) is 0 Å². The van der Waals surface area contributed by atoms with Crippen LogP contribution in [0.3, 0.4) is 0 Å². The number of rotatable bonds is 8. The fourth-order valence-electron chi connectivity index (χ4n) is 3.47. The summed E-state index contributed by atoms with van der Waals surface area (Å²) in [7, 11) is 0. The van der Waals surface area contributed by atoms with Gasteiger partial charge in [0.25, 0.3) is 0 Å². The lowest BCUT2D eigenvalue weighted by molar-refractivity contribution is -0.137. The largest absolute Gasteiger partial charge is 0.481 e. The van der Waals surface area contributed by atoms with Gasteiger partial charge in [-0.1, -0.05) is 31.8 Å². The van der Waals surface area contributed by atoms with E-state index in [0.717, 1.165) is 31.8 Å². The van der Waals surface area contributed by atoms with Gasteiger partial charge in [0.2, 0.25) is 0 Å². The summed E-state index contributed by atoms with van der Waals surface area (Å²) in [6.45, 7) is 2.33. The highest BCUT2D eigenvalue weighted by Gasteiger charge is 2.26. The van der Waals surface area contributed by atoms with Gasteiger partial charge in [0.1, 0.15) is 0 Å². The van der Waals surface area contributed by atoms with Crippen molar-refractivity contribution >= 4 is 5.97 Å². The third kappa shape index (κ3) is 5.70. The van der Waals surface area contributed by atoms with Crippen molar-refractivity contribution in [2.75, 3.05) is 13.1 Å². The first kappa shape index (κ1) is 16.3. The lowest BCUT2D eigenvalue weighted by atomic mass is 10.00. The van der Waals surface area contributed by atoms with Gasteiger partial charge < -0.3 is 10.1 Å². The number of hydrazine groups is 1. The molecule has 1 saturated heterocycles. The Morgan fingerprint density at radius 3 is 2.76 bits per heavy atom. The summed E-state index contributed by atoms with van der Waals surface area (Å²) in [5, 5.41) is 13.7. The summed E-state index contributed by atoms with van der Waals surface area (Å²) in [4.78, 5) is 10.4. The van der Waals surface area contributed by atoms with Crippen LogP contribution in [-0.2, 0) is 4.79 Å². The summed E-state index contributed by atoms with van der Waals surface area (Å²) < 4.78 is 0. The lowest BCUT2D eigenvalue weighted by Gasteiger charge is -2.41. The normalized spacial score (nSPS) is 22.9. The quantitative estimate of drug-likeness (QED) is 0.692. The fraction of sp³-hybridized carbons (Fsp3) is 0.824. The smallest absolute Gasteiger partial charge is 0.303 e. The first-order valence-electron chi connectivity index (χ1n) is 8.69. The Morgan fingerprint density at radius 1 is 1.10 bits per heavy atom. The van der Waals surface area contributed by atoms with Gasteiger partial charge in [-0.05, 0) is 38.5 Å². The van der Waals surface area contributed by atoms with Crippen molar-refractivity contribution in [1.29, 1.82) is 0 Å². The first-order chi connectivity index (χ1) is 10.3. The molecule has 1 fully saturated rings. The van der Waals surface area contributed by atoms with Gasteiger partial charge in [-0.2, -0.15) is 0 Å². The fourth-order valence-corrected chi connectivity index (χ4v) is 3.47. The Hall–Kier alpha value is -1.03. The summed E-state index contributed by atoms with van der Waals surface area (Å²) in [5.74, 6) is -0.666. The van der Waals surface area contributed by atoms with E-state index in [2.05, 4.69) is 22.3 Å². The van der Waals surface area contributed by atoms with E-state index in [1.54, 1.807) is 0 Å². The number of unbranched alkanes of at least 4 members (excludes halogenated alkanes) is 4. The Labute approximate surface area is 128 Å². The van der Waals surface area contributed by atoms with Crippen molar-refractivity contribution in [3.8, 4) is 0 Å². The molecule has 0 amide bonds. The van der Waals surface area contributed by atoms with E-state index >= 15 is 0 Å². The summed E-state index contributed by atoms with van der Waals surface area (Å²) in [5.41, 5.74) is 0. The monoisotopic (exact) mass is 294 g/mol. The molecule has 2 heterocycles. The Balaban J connectivity index is 1.63. The van der Waals surface area contributed by atoms with E-state index in [0.29, 0.717) is 6.42 Å². The topological polar surface area (TPSA) is 43.8 Å². The van der Waals surface area contributed by atoms with Crippen molar-refractivity contribution in [2.24, 2.45) is 0 Å². The lowest BCUT2D eigenvalue weighted by Crippen LogP contribution is -2.48. The molecule has 0 radical (unpaired) electrons. The van der Waals surface area contributed by atoms with Crippen LogP contribution < -0.4 is 0 Å². The maximum Gasteiger partial charge on any atom is 0.303 e. The Kier molecular flexibility index (Phi) is 7.07. The predicted molar refractivity (Wildman–Crippen MR) is 84.8 cm³/mol. The molecule has 21 heavy (non-hydrogen) atoms. The highest BCUT2D eigenvalue weighted by Crippen LogP contribution is 2.25. The van der Waals surface area contributed by atoms with Crippen LogP contribution in [-0.4, -0.2) is 40.2 Å². The number of fused-ring (bicyclic) bond motifs is 1. The molecule has 0 aromatic rings. The highest BCUT2D eigenvalue weighted by atomic mass is 16.4. The number of hydrogen-bond donors (Lipinski definition) is 1. The number of piperidine rings is 1. The number of hydrogen-bond acceptors (Lipinski definition) is 3. The average Bonchev–Trinajstić information content (AvgIpc) is 2.68. The molecule has 4 heteroatoms. The average molecular weight is 294 g/mol. The van der Waals surface area contributed by atoms with Gasteiger partial charge in [0.05, 0.1) is 0 Å². The molecule has 2 aliphatic heterocycles. The zero-order valence-electron chi connectivity index (χ0n) is 13.2. The third-order valence-electron chi connectivity index (χ3n) is 4.65. The van der Waals surface area contributed by atoms with Crippen LogP contribution in [0.4, 0.5) is 0 Å². The number of aliphatic carboxylic acids is 1. The van der Waals surface area contributed by atoms with Gasteiger partial charge in [-0.25, -0.2) is 5.01 Å². The molecular formula is C17H30N2O2. The summed E-state index contributed by atoms with van der Waals surface area (Å²) >= 11 is 0. The van der Waals surface area contributed by atoms with Crippen LogP contribution in [0.5, 0.6) is 0 Å². The van der Waals surface area contributed by atoms with E-state index in [1.165, 1.54) is 51.5 Å². The van der Waals surface area contributed by atoms with Crippen molar-refractivity contribution in [3.05, 3.63) is 12.3 Å². The Morgan fingerprint density at radius 2 is 1.90 bits per heavy atom. The number of carboxylic acid groups (broad SMARTS) is 1. The van der Waals surface area contributed by atoms with E-state index in [9.17, 15) is 4.79 Å². The van der Waals surface area contributed by atoms with E-state index in [1.807, 2.05) is 0 Å². The number of nitrogens with zero attached hydrogens (tertiary/aromatic N) is 2. The number of allylic oxidation sites excluding steroid dienone is 1. The molecule has 0 aromatic heterocycles. The van der Waals surface area contributed by atoms with E-state index in [4.69, 9.17) is 5.11 Å². The van der Waals surface area contributed by atoms with E-state index < -0.39 is 5.97 Å². The summed E-state index contributed by atoms with van der Waals surface area (Å²) in [6.07, 6.45) is 17.0. The molecule has 1 atom stereocenters. The molecule has 2 rings (SSSR count). The minimum atomic E-state index is -0.666. The zero-order chi connectivity index (χ0) is 14.9. The number of carboxylic acids is 1. The second-order valence-corrected chi connectivity index (χ2v) is 6.35. The maximum absolute atomic E-state index is 10.4. The predicted octanol–water partition coefficient (Wildman–Crippen LogP) is 3.79. The first-order valence-corrected chi connectivity index (χ1v) is 8.69. The zero-order valence-corrected chi connectivity index (χ0v) is 13.2. The van der Waals surface area contributed by atoms with Crippen molar-refractivity contribution in [1.82, 2.24) is 10.0 Å². The SMILES string of the molecule is O=C(O)CCCCCCCN1C=CCCC2CCCCN21. The number of carbonyl (C=O) groups is 1. The van der Waals surface area contributed by atoms with E-state index in [-0.39, 0.29) is 0 Å². The maximum atomic E-state index is 10.4. The molecule has 4 nitrogen and oxygen atoms in total. The Bertz CT molecular complexity index is 344. The van der Waals surface area contributed by atoms with Gasteiger partial charge >= 0.3 is 5.97 Å². The minimum Gasteiger partial charge on any atom is -0.481 e. The molecule has 1 N–H and O–H groups in total. The van der Waals surface area contributed by atoms with Crippen LogP contribution in [0, 0.1) is 0 Å². The molecule has 0 saturated carbocycles. The molecule has 120 valence electrons. The highest BCUT2D eigenvalue weighted by molar-refractivity contribution is 5.66. The molecule has 0 aliphatic carbocycles. The standard InChI is InChI=1S/C17H30N2O2/c20-17(21)12-4-2-1-3-7-13-18-14-8-5-10-16-11-6-9-15-19(16)18/h8,14,16H,1-7,9-13,15H2,(H,20,21). The minimum absolute atomic E-state index is 0.324. The molecule has 0 bridgehead atoms. The van der Waals surface area contributed by atoms with Gasteiger partial charge in [0, 0.05) is 31.8 Å². The molecule has 1 unspecified atom stereocenters. The van der Waals surface area contributed by atoms with Crippen molar-refractivity contribution in [3.63, 3.8) is 0 Å². The van der Waals surface area contributed by atoms with Crippen molar-refractivity contribution in [2.45, 2.75) is 76.7 Å². The molecule has 0 aromatic carbocycles. The summed E-state index contributed by atoms with van der Waals surface area (Å²) in [6, 6.07) is 0.754. The molecule has 0 spiro atoms. The second-order valence-electron chi connectivity index (χ2n) is 6.35. The second kappa shape index (κ2) is 9.08. The van der Waals surface area contributed by atoms with Crippen LogP contribution in [0.25, 0.3) is 0 Å².